The smallest absolute Gasteiger partial charge is 0.192 e. The summed E-state index contributed by atoms with van der Waals surface area (Å²) in [5.41, 5.74) is 6.27. The summed E-state index contributed by atoms with van der Waals surface area (Å²) in [5.74, 6) is 0.433. The number of ether oxygens (including phenoxy) is 1. The minimum atomic E-state index is -1.73. The van der Waals surface area contributed by atoms with Crippen molar-refractivity contribution in [3.63, 3.8) is 0 Å². The molecule has 0 radical (unpaired) electrons. The lowest BCUT2D eigenvalue weighted by Gasteiger charge is -2.36. The van der Waals surface area contributed by atoms with Gasteiger partial charge in [0.05, 0.1) is 12.3 Å². The van der Waals surface area contributed by atoms with E-state index in [1.54, 1.807) is 12.3 Å². The van der Waals surface area contributed by atoms with Crippen LogP contribution in [-0.2, 0) is 4.43 Å². The van der Waals surface area contributed by atoms with Gasteiger partial charge < -0.3 is 14.9 Å². The second-order valence-corrected chi connectivity index (χ2v) is 11.1. The Morgan fingerprint density at radius 1 is 1.32 bits per heavy atom. The molecule has 1 heterocycles. The summed E-state index contributed by atoms with van der Waals surface area (Å²) in [6.45, 7) is 12.0. The maximum Gasteiger partial charge on any atom is 0.192 e. The molecule has 4 nitrogen and oxygen atoms in total. The number of nitrogens with two attached hydrogens (primary N) is 1. The van der Waals surface area contributed by atoms with E-state index in [0.29, 0.717) is 24.7 Å². The molecule has 6 heteroatoms. The zero-order chi connectivity index (χ0) is 14.7. The molecule has 19 heavy (non-hydrogen) atoms. The van der Waals surface area contributed by atoms with E-state index in [2.05, 4.69) is 38.8 Å². The van der Waals surface area contributed by atoms with E-state index >= 15 is 0 Å². The van der Waals surface area contributed by atoms with E-state index < -0.39 is 8.32 Å². The third-order valence-electron chi connectivity index (χ3n) is 3.49. The molecule has 0 saturated heterocycles. The van der Waals surface area contributed by atoms with Gasteiger partial charge in [-0.3, -0.25) is 0 Å². The van der Waals surface area contributed by atoms with Crippen molar-refractivity contribution in [1.29, 1.82) is 0 Å². The van der Waals surface area contributed by atoms with Crippen LogP contribution >= 0.6 is 11.6 Å². The van der Waals surface area contributed by atoms with Crippen LogP contribution in [0.2, 0.25) is 23.3 Å². The van der Waals surface area contributed by atoms with Crippen molar-refractivity contribution >= 4 is 25.6 Å². The molecule has 0 atom stereocenters. The monoisotopic (exact) mass is 302 g/mol. The highest BCUT2D eigenvalue weighted by molar-refractivity contribution is 6.74. The van der Waals surface area contributed by atoms with E-state index in [4.69, 9.17) is 26.5 Å². The molecular formula is C13H23ClN2O2Si. The number of hydrogen-bond acceptors (Lipinski definition) is 4. The number of rotatable bonds is 5. The second-order valence-electron chi connectivity index (χ2n) is 5.98. The fraction of sp³-hybridized carbons (Fsp3) is 0.615. The van der Waals surface area contributed by atoms with Crippen LogP contribution < -0.4 is 10.5 Å². The van der Waals surface area contributed by atoms with E-state index in [1.807, 2.05) is 0 Å². The summed E-state index contributed by atoms with van der Waals surface area (Å²) in [4.78, 5) is 3.94. The van der Waals surface area contributed by atoms with Crippen LogP contribution in [0.15, 0.2) is 12.3 Å². The van der Waals surface area contributed by atoms with Crippen molar-refractivity contribution in [3.8, 4) is 5.75 Å². The number of nitrogens with zero attached hydrogens (tertiary/aromatic N) is 1. The first-order valence-corrected chi connectivity index (χ1v) is 9.60. The molecule has 0 bridgehead atoms. The van der Waals surface area contributed by atoms with Crippen molar-refractivity contribution in [3.05, 3.63) is 17.4 Å². The first-order valence-electron chi connectivity index (χ1n) is 6.32. The van der Waals surface area contributed by atoms with Gasteiger partial charge in [-0.05, 0) is 24.2 Å². The normalized spacial score (nSPS) is 12.5. The highest BCUT2D eigenvalue weighted by atomic mass is 35.5. The molecule has 0 aliphatic rings. The number of anilines is 1. The molecule has 0 amide bonds. The highest BCUT2D eigenvalue weighted by Gasteiger charge is 2.36. The van der Waals surface area contributed by atoms with Crippen molar-refractivity contribution < 1.29 is 9.16 Å². The molecule has 0 aliphatic heterocycles. The number of aromatic nitrogens is 1. The SMILES string of the molecule is CC(C)(C)[Si](C)(C)OCCOc1c(N)ccnc1Cl. The van der Waals surface area contributed by atoms with Gasteiger partial charge in [0.1, 0.15) is 6.61 Å². The Bertz CT molecular complexity index is 413. The molecule has 108 valence electrons. The Labute approximate surface area is 121 Å². The Balaban J connectivity index is 2.48. The molecule has 0 fully saturated rings. The van der Waals surface area contributed by atoms with E-state index in [-0.39, 0.29) is 10.2 Å². The van der Waals surface area contributed by atoms with Gasteiger partial charge in [0, 0.05) is 6.20 Å². The Morgan fingerprint density at radius 3 is 2.47 bits per heavy atom. The Morgan fingerprint density at radius 2 is 1.95 bits per heavy atom. The average Bonchev–Trinajstić information content (AvgIpc) is 2.25. The van der Waals surface area contributed by atoms with Gasteiger partial charge in [0.15, 0.2) is 19.2 Å². The number of pyridine rings is 1. The van der Waals surface area contributed by atoms with Crippen LogP contribution in [-0.4, -0.2) is 26.5 Å². The topological polar surface area (TPSA) is 57.4 Å². The van der Waals surface area contributed by atoms with Crippen LogP contribution in [0.4, 0.5) is 5.69 Å². The van der Waals surface area contributed by atoms with Gasteiger partial charge in [0.25, 0.3) is 0 Å². The standard InChI is InChI=1S/C13H23ClN2O2Si/c1-13(2,3)19(4,5)18-9-8-17-11-10(15)6-7-16-12(11)14/h6-7H,8-9H2,1-5H3,(H2,15,16). The fourth-order valence-corrected chi connectivity index (χ4v) is 2.48. The zero-order valence-electron chi connectivity index (χ0n) is 12.3. The molecule has 0 saturated carbocycles. The largest absolute Gasteiger partial charge is 0.486 e. The van der Waals surface area contributed by atoms with Gasteiger partial charge in [-0.15, -0.1) is 0 Å². The van der Waals surface area contributed by atoms with Crippen molar-refractivity contribution in [1.82, 2.24) is 4.98 Å². The molecule has 2 N–H and O–H groups in total. The first-order chi connectivity index (χ1) is 8.65. The minimum absolute atomic E-state index is 0.192. The first kappa shape index (κ1) is 16.3. The van der Waals surface area contributed by atoms with Crippen LogP contribution in [0.5, 0.6) is 5.75 Å². The zero-order valence-corrected chi connectivity index (χ0v) is 14.0. The molecule has 1 aromatic heterocycles. The van der Waals surface area contributed by atoms with Gasteiger partial charge in [0.2, 0.25) is 0 Å². The predicted octanol–water partition coefficient (Wildman–Crippen LogP) is 3.72. The van der Waals surface area contributed by atoms with Crippen LogP contribution in [0, 0.1) is 0 Å². The van der Waals surface area contributed by atoms with E-state index in [1.165, 1.54) is 0 Å². The Hall–Kier alpha value is -0.783. The van der Waals surface area contributed by atoms with Crippen LogP contribution in [0.25, 0.3) is 0 Å². The van der Waals surface area contributed by atoms with Gasteiger partial charge in [-0.25, -0.2) is 4.98 Å². The number of halogens is 1. The lowest BCUT2D eigenvalue weighted by Crippen LogP contribution is -2.41. The van der Waals surface area contributed by atoms with Crippen molar-refractivity contribution in [2.45, 2.75) is 38.9 Å². The second kappa shape index (κ2) is 6.11. The maximum absolute atomic E-state index is 6.00. The maximum atomic E-state index is 6.00. The van der Waals surface area contributed by atoms with E-state index in [0.717, 1.165) is 0 Å². The molecule has 1 aromatic rings. The lowest BCUT2D eigenvalue weighted by molar-refractivity contribution is 0.204. The average molecular weight is 303 g/mol. The van der Waals surface area contributed by atoms with Gasteiger partial charge >= 0.3 is 0 Å². The van der Waals surface area contributed by atoms with Gasteiger partial charge in [-0.1, -0.05) is 32.4 Å². The van der Waals surface area contributed by atoms with Crippen molar-refractivity contribution in [2.24, 2.45) is 0 Å². The quantitative estimate of drug-likeness (QED) is 0.512. The summed E-state index contributed by atoms with van der Waals surface area (Å²) in [5, 5.41) is 0.477. The molecule has 0 unspecified atom stereocenters. The molecule has 0 spiro atoms. The van der Waals surface area contributed by atoms with Crippen LogP contribution in [0.1, 0.15) is 20.8 Å². The van der Waals surface area contributed by atoms with Crippen molar-refractivity contribution in [2.75, 3.05) is 18.9 Å². The highest BCUT2D eigenvalue weighted by Crippen LogP contribution is 2.36. The fourth-order valence-electron chi connectivity index (χ4n) is 1.24. The van der Waals surface area contributed by atoms with Gasteiger partial charge in [-0.2, -0.15) is 0 Å². The minimum Gasteiger partial charge on any atom is -0.486 e. The summed E-state index contributed by atoms with van der Waals surface area (Å²) in [6.07, 6.45) is 1.55. The summed E-state index contributed by atoms with van der Waals surface area (Å²) >= 11 is 5.92. The van der Waals surface area contributed by atoms with Crippen LogP contribution in [0.3, 0.4) is 0 Å². The summed E-state index contributed by atoms with van der Waals surface area (Å²) < 4.78 is 11.6. The van der Waals surface area contributed by atoms with E-state index in [9.17, 15) is 0 Å². The molecular weight excluding hydrogens is 280 g/mol. The summed E-state index contributed by atoms with van der Waals surface area (Å²) in [7, 11) is -1.73. The number of hydrogen-bond donors (Lipinski definition) is 1. The number of nitrogen functional groups attached to an aromatic ring is 1. The predicted molar refractivity (Wildman–Crippen MR) is 82.3 cm³/mol. The lowest BCUT2D eigenvalue weighted by atomic mass is 10.2. The third-order valence-corrected chi connectivity index (χ3v) is 8.30. The molecule has 1 rings (SSSR count). The third kappa shape index (κ3) is 4.37. The molecule has 0 aliphatic carbocycles. The summed E-state index contributed by atoms with van der Waals surface area (Å²) in [6, 6.07) is 1.66. The molecule has 0 aromatic carbocycles. The Kier molecular flexibility index (Phi) is 5.23.